The van der Waals surface area contributed by atoms with Gasteiger partial charge in [0, 0.05) is 11.1 Å². The molecule has 0 aliphatic carbocycles. The second kappa shape index (κ2) is 7.55. The number of aromatic nitrogens is 2. The number of halogens is 1. The molecule has 1 aromatic heterocycles. The van der Waals surface area contributed by atoms with E-state index in [-0.39, 0.29) is 24.1 Å². The van der Waals surface area contributed by atoms with Gasteiger partial charge in [-0.2, -0.15) is 12.6 Å². The van der Waals surface area contributed by atoms with E-state index in [9.17, 15) is 9.18 Å². The van der Waals surface area contributed by atoms with Crippen molar-refractivity contribution in [2.75, 3.05) is 7.11 Å². The third kappa shape index (κ3) is 4.07. The lowest BCUT2D eigenvalue weighted by atomic mass is 9.96. The normalized spacial score (nSPS) is 10.9. The summed E-state index contributed by atoms with van der Waals surface area (Å²) in [5, 5.41) is 0. The van der Waals surface area contributed by atoms with Crippen molar-refractivity contribution in [2.24, 2.45) is 0 Å². The maximum Gasteiger partial charge on any atom is 0.310 e. The van der Waals surface area contributed by atoms with Crippen LogP contribution in [-0.2, 0) is 21.7 Å². The first-order valence-electron chi connectivity index (χ1n) is 7.29. The monoisotopic (exact) mass is 334 g/mol. The lowest BCUT2D eigenvalue weighted by molar-refractivity contribution is -0.139. The predicted octanol–water partition coefficient (Wildman–Crippen LogP) is 3.55. The summed E-state index contributed by atoms with van der Waals surface area (Å²) in [4.78, 5) is 20.8. The summed E-state index contributed by atoms with van der Waals surface area (Å²) in [5.74, 6) is 0.376. The first-order chi connectivity index (χ1) is 11.0. The van der Waals surface area contributed by atoms with Gasteiger partial charge in [0.05, 0.1) is 30.7 Å². The third-order valence-electron chi connectivity index (χ3n) is 3.44. The maximum atomic E-state index is 13.2. The highest BCUT2D eigenvalue weighted by Gasteiger charge is 2.20. The van der Waals surface area contributed by atoms with Gasteiger partial charge in [-0.15, -0.1) is 0 Å². The Kier molecular flexibility index (Phi) is 5.71. The van der Waals surface area contributed by atoms with Gasteiger partial charge in [0.15, 0.2) is 0 Å². The van der Waals surface area contributed by atoms with E-state index < -0.39 is 0 Å². The van der Waals surface area contributed by atoms with Crippen molar-refractivity contribution in [2.45, 2.75) is 31.9 Å². The summed E-state index contributed by atoms with van der Waals surface area (Å²) in [6.07, 6.45) is 0.0730. The standard InChI is InChI=1S/C17H19FN2O2S/c1-10(2)16-13(8-15(21)22-3)17(20-14(9-23)19-16)11-4-6-12(18)7-5-11/h4-7,10,23H,8-9H2,1-3H3. The van der Waals surface area contributed by atoms with E-state index in [2.05, 4.69) is 22.6 Å². The molecule has 2 rings (SSSR count). The van der Waals surface area contributed by atoms with Crippen molar-refractivity contribution >= 4 is 18.6 Å². The average Bonchev–Trinajstić information content (AvgIpc) is 2.55. The Morgan fingerprint density at radius 3 is 2.43 bits per heavy atom. The van der Waals surface area contributed by atoms with Crippen LogP contribution in [0.3, 0.4) is 0 Å². The van der Waals surface area contributed by atoms with Gasteiger partial charge in [-0.05, 0) is 30.2 Å². The van der Waals surface area contributed by atoms with Crippen LogP contribution >= 0.6 is 12.6 Å². The highest BCUT2D eigenvalue weighted by Crippen LogP contribution is 2.29. The molecule has 0 spiro atoms. The molecule has 0 fully saturated rings. The molecule has 0 saturated carbocycles. The summed E-state index contributed by atoms with van der Waals surface area (Å²) >= 11 is 4.25. The largest absolute Gasteiger partial charge is 0.469 e. The fourth-order valence-electron chi connectivity index (χ4n) is 2.33. The van der Waals surface area contributed by atoms with E-state index in [1.807, 2.05) is 13.8 Å². The van der Waals surface area contributed by atoms with Gasteiger partial charge in [-0.1, -0.05) is 13.8 Å². The summed E-state index contributed by atoms with van der Waals surface area (Å²) in [5.41, 5.74) is 2.86. The van der Waals surface area contributed by atoms with E-state index in [0.29, 0.717) is 22.8 Å². The average molecular weight is 334 g/mol. The number of hydrogen-bond acceptors (Lipinski definition) is 5. The fourth-order valence-corrected chi connectivity index (χ4v) is 2.48. The SMILES string of the molecule is COC(=O)Cc1c(-c2ccc(F)cc2)nc(CS)nc1C(C)C. The number of nitrogens with zero attached hydrogens (tertiary/aromatic N) is 2. The highest BCUT2D eigenvalue weighted by atomic mass is 32.1. The summed E-state index contributed by atoms with van der Waals surface area (Å²) in [7, 11) is 1.35. The first kappa shape index (κ1) is 17.4. The lowest BCUT2D eigenvalue weighted by Gasteiger charge is -2.17. The highest BCUT2D eigenvalue weighted by molar-refractivity contribution is 7.79. The summed E-state index contributed by atoms with van der Waals surface area (Å²) in [6.45, 7) is 4.00. The van der Waals surface area contributed by atoms with Crippen LogP contribution in [-0.4, -0.2) is 23.0 Å². The second-order valence-electron chi connectivity index (χ2n) is 5.42. The molecule has 0 aliphatic rings. The Balaban J connectivity index is 2.67. The van der Waals surface area contributed by atoms with Crippen LogP contribution in [0, 0.1) is 5.82 Å². The number of benzene rings is 1. The van der Waals surface area contributed by atoms with Crippen LogP contribution in [0.4, 0.5) is 4.39 Å². The Bertz CT molecular complexity index is 702. The number of carbonyl (C=O) groups excluding carboxylic acids is 1. The number of hydrogen-bond donors (Lipinski definition) is 1. The summed E-state index contributed by atoms with van der Waals surface area (Å²) in [6, 6.07) is 6.03. The number of esters is 1. The maximum absolute atomic E-state index is 13.2. The lowest BCUT2D eigenvalue weighted by Crippen LogP contribution is -2.13. The molecule has 2 aromatic rings. The van der Waals surface area contributed by atoms with Crippen LogP contribution < -0.4 is 0 Å². The van der Waals surface area contributed by atoms with Crippen molar-refractivity contribution < 1.29 is 13.9 Å². The molecule has 0 atom stereocenters. The Labute approximate surface area is 140 Å². The number of ether oxygens (including phenoxy) is 1. The van der Waals surface area contributed by atoms with E-state index >= 15 is 0 Å². The fraction of sp³-hybridized carbons (Fsp3) is 0.353. The molecular formula is C17H19FN2O2S. The van der Waals surface area contributed by atoms with Gasteiger partial charge >= 0.3 is 5.97 Å². The van der Waals surface area contributed by atoms with E-state index in [0.717, 1.165) is 11.3 Å². The Morgan fingerprint density at radius 1 is 1.26 bits per heavy atom. The van der Waals surface area contributed by atoms with Gasteiger partial charge < -0.3 is 4.74 Å². The molecule has 1 heterocycles. The molecule has 0 N–H and O–H groups in total. The van der Waals surface area contributed by atoms with Gasteiger partial charge in [-0.3, -0.25) is 4.79 Å². The third-order valence-corrected chi connectivity index (χ3v) is 3.72. The zero-order chi connectivity index (χ0) is 17.0. The van der Waals surface area contributed by atoms with Crippen molar-refractivity contribution in [1.29, 1.82) is 0 Å². The molecule has 0 radical (unpaired) electrons. The first-order valence-corrected chi connectivity index (χ1v) is 7.92. The van der Waals surface area contributed by atoms with Gasteiger partial charge in [-0.25, -0.2) is 14.4 Å². The van der Waals surface area contributed by atoms with Crippen LogP contribution in [0.25, 0.3) is 11.3 Å². The van der Waals surface area contributed by atoms with Gasteiger partial charge in [0.2, 0.25) is 0 Å². The van der Waals surface area contributed by atoms with Crippen molar-refractivity contribution in [1.82, 2.24) is 9.97 Å². The Morgan fingerprint density at radius 2 is 1.91 bits per heavy atom. The van der Waals surface area contributed by atoms with E-state index in [1.165, 1.54) is 19.2 Å². The molecule has 4 nitrogen and oxygen atoms in total. The predicted molar refractivity (Wildman–Crippen MR) is 89.9 cm³/mol. The molecule has 0 unspecified atom stereocenters. The van der Waals surface area contributed by atoms with Crippen molar-refractivity contribution in [3.05, 3.63) is 47.2 Å². The topological polar surface area (TPSA) is 52.1 Å². The van der Waals surface area contributed by atoms with Crippen LogP contribution in [0.15, 0.2) is 24.3 Å². The van der Waals surface area contributed by atoms with Crippen LogP contribution in [0.5, 0.6) is 0 Å². The molecular weight excluding hydrogens is 315 g/mol. The quantitative estimate of drug-likeness (QED) is 0.671. The molecule has 0 bridgehead atoms. The van der Waals surface area contributed by atoms with Crippen LogP contribution in [0.2, 0.25) is 0 Å². The molecule has 0 saturated heterocycles. The zero-order valence-corrected chi connectivity index (χ0v) is 14.2. The minimum atomic E-state index is -0.363. The number of carbonyl (C=O) groups is 1. The molecule has 122 valence electrons. The molecule has 23 heavy (non-hydrogen) atoms. The number of rotatable bonds is 5. The Hall–Kier alpha value is -1.95. The van der Waals surface area contributed by atoms with Gasteiger partial charge in [0.1, 0.15) is 11.6 Å². The second-order valence-corrected chi connectivity index (χ2v) is 5.74. The van der Waals surface area contributed by atoms with Crippen LogP contribution in [0.1, 0.15) is 36.8 Å². The number of methoxy groups -OCH3 is 1. The minimum absolute atomic E-state index is 0.0730. The molecule has 0 amide bonds. The van der Waals surface area contributed by atoms with E-state index in [1.54, 1.807) is 12.1 Å². The molecule has 0 aliphatic heterocycles. The molecule has 6 heteroatoms. The van der Waals surface area contributed by atoms with Gasteiger partial charge in [0.25, 0.3) is 0 Å². The van der Waals surface area contributed by atoms with Crippen molar-refractivity contribution in [3.63, 3.8) is 0 Å². The summed E-state index contributed by atoms with van der Waals surface area (Å²) < 4.78 is 18.0. The van der Waals surface area contributed by atoms with E-state index in [4.69, 9.17) is 4.74 Å². The zero-order valence-electron chi connectivity index (χ0n) is 13.3. The number of thiol groups is 1. The minimum Gasteiger partial charge on any atom is -0.469 e. The smallest absolute Gasteiger partial charge is 0.310 e. The van der Waals surface area contributed by atoms with Crippen molar-refractivity contribution in [3.8, 4) is 11.3 Å². The molecule has 1 aromatic carbocycles.